The van der Waals surface area contributed by atoms with Gasteiger partial charge in [-0.05, 0) is 24.3 Å². The third-order valence-corrected chi connectivity index (χ3v) is 4.19. The molecule has 1 saturated heterocycles. The Morgan fingerprint density at radius 3 is 3.00 bits per heavy atom. The molecule has 0 radical (unpaired) electrons. The lowest BCUT2D eigenvalue weighted by Gasteiger charge is -2.19. The average Bonchev–Trinajstić information content (AvgIpc) is 3.22. The van der Waals surface area contributed by atoms with Gasteiger partial charge in [0.1, 0.15) is 6.04 Å². The van der Waals surface area contributed by atoms with Crippen LogP contribution in [0.5, 0.6) is 0 Å². The first-order valence-electron chi connectivity index (χ1n) is 7.71. The Morgan fingerprint density at radius 1 is 1.25 bits per heavy atom. The van der Waals surface area contributed by atoms with Crippen molar-refractivity contribution in [3.05, 3.63) is 70.9 Å². The van der Waals surface area contributed by atoms with Gasteiger partial charge in [-0.1, -0.05) is 6.07 Å². The number of carbonyl (C=O) groups excluding carboxylic acids is 1. The maximum Gasteiger partial charge on any atom is 0.267 e. The normalized spacial score (nSPS) is 20.3. The van der Waals surface area contributed by atoms with Gasteiger partial charge < -0.3 is 14.5 Å². The predicted molar refractivity (Wildman–Crippen MR) is 87.0 cm³/mol. The van der Waals surface area contributed by atoms with Crippen LogP contribution in [0.2, 0.25) is 0 Å². The first-order chi connectivity index (χ1) is 11.7. The zero-order valence-corrected chi connectivity index (χ0v) is 12.8. The summed E-state index contributed by atoms with van der Waals surface area (Å²) in [7, 11) is 0. The Kier molecular flexibility index (Phi) is 3.62. The van der Waals surface area contributed by atoms with Crippen LogP contribution in [-0.4, -0.2) is 39.3 Å². The molecule has 1 amide bonds. The number of carbonyl (C=O) groups is 1. The van der Waals surface area contributed by atoms with E-state index in [0.717, 1.165) is 5.52 Å². The van der Waals surface area contributed by atoms with Crippen LogP contribution in [0.25, 0.3) is 5.52 Å². The maximum absolute atomic E-state index is 12.5. The van der Waals surface area contributed by atoms with Crippen molar-refractivity contribution in [3.63, 3.8) is 0 Å². The van der Waals surface area contributed by atoms with Crippen molar-refractivity contribution in [1.82, 2.24) is 19.5 Å². The number of nitrogens with one attached hydrogen (secondary N) is 1. The Morgan fingerprint density at radius 2 is 2.17 bits per heavy atom. The first-order valence-corrected chi connectivity index (χ1v) is 7.71. The lowest BCUT2D eigenvalue weighted by molar-refractivity contribution is 0.0925. The minimum Gasteiger partial charge on any atom is -0.377 e. The lowest BCUT2D eigenvalue weighted by atomic mass is 10.1. The first kappa shape index (κ1) is 14.6. The van der Waals surface area contributed by atoms with E-state index in [0.29, 0.717) is 18.8 Å². The van der Waals surface area contributed by atoms with E-state index in [2.05, 4.69) is 10.4 Å². The molecule has 4 heterocycles. The molecule has 1 aliphatic rings. The molecule has 0 aromatic carbocycles. The van der Waals surface area contributed by atoms with Crippen molar-refractivity contribution >= 4 is 11.4 Å². The highest BCUT2D eigenvalue weighted by Gasteiger charge is 2.32. The molecular formula is C17H16N4O3. The number of pyridine rings is 1. The van der Waals surface area contributed by atoms with E-state index in [9.17, 15) is 9.59 Å². The molecule has 0 bridgehead atoms. The van der Waals surface area contributed by atoms with Crippen molar-refractivity contribution in [2.45, 2.75) is 12.1 Å². The van der Waals surface area contributed by atoms with Crippen LogP contribution in [0.3, 0.4) is 0 Å². The number of amides is 1. The molecule has 122 valence electrons. The summed E-state index contributed by atoms with van der Waals surface area (Å²) in [5, 5.41) is 7.05. The van der Waals surface area contributed by atoms with Crippen LogP contribution >= 0.6 is 0 Å². The third kappa shape index (κ3) is 2.59. The highest BCUT2D eigenvalue weighted by Crippen LogP contribution is 2.18. The van der Waals surface area contributed by atoms with Crippen LogP contribution in [0.15, 0.2) is 59.8 Å². The van der Waals surface area contributed by atoms with E-state index in [1.807, 2.05) is 34.9 Å². The monoisotopic (exact) mass is 324 g/mol. The summed E-state index contributed by atoms with van der Waals surface area (Å²) in [5.41, 5.74) is 1.31. The molecule has 4 rings (SSSR count). The second kappa shape index (κ2) is 5.93. The Labute approximate surface area is 137 Å². The number of rotatable bonds is 3. The van der Waals surface area contributed by atoms with Gasteiger partial charge in [-0.3, -0.25) is 9.59 Å². The third-order valence-electron chi connectivity index (χ3n) is 4.19. The standard InChI is InChI=1S/C17H16N4O3/c22-16-5-3-6-18-21(16)15-11-24-10-14(15)19-17(23)12-8-13-4-1-2-7-20(13)9-12/h1-9,14-15H,10-11H2,(H,19,23). The average molecular weight is 324 g/mol. The van der Waals surface area contributed by atoms with E-state index >= 15 is 0 Å². The number of hydrogen-bond acceptors (Lipinski definition) is 4. The van der Waals surface area contributed by atoms with Crippen molar-refractivity contribution < 1.29 is 9.53 Å². The molecule has 0 spiro atoms. The fraction of sp³-hybridized carbons (Fsp3) is 0.235. The second-order valence-corrected chi connectivity index (χ2v) is 5.75. The summed E-state index contributed by atoms with van der Waals surface area (Å²) in [6.45, 7) is 0.701. The summed E-state index contributed by atoms with van der Waals surface area (Å²) in [6, 6.07) is 10.0. The van der Waals surface area contributed by atoms with Gasteiger partial charge in [-0.2, -0.15) is 5.10 Å². The molecule has 3 aromatic rings. The molecule has 2 unspecified atom stereocenters. The molecular weight excluding hydrogens is 308 g/mol. The number of fused-ring (bicyclic) bond motifs is 1. The highest BCUT2D eigenvalue weighted by molar-refractivity contribution is 5.95. The van der Waals surface area contributed by atoms with Crippen LogP contribution < -0.4 is 10.9 Å². The smallest absolute Gasteiger partial charge is 0.267 e. The molecule has 7 heteroatoms. The second-order valence-electron chi connectivity index (χ2n) is 5.75. The molecule has 1 fully saturated rings. The molecule has 3 aromatic heterocycles. The summed E-state index contributed by atoms with van der Waals surface area (Å²) in [4.78, 5) is 24.5. The van der Waals surface area contributed by atoms with Gasteiger partial charge in [0.05, 0.1) is 24.8 Å². The van der Waals surface area contributed by atoms with E-state index in [1.165, 1.54) is 10.7 Å². The molecule has 7 nitrogen and oxygen atoms in total. The van der Waals surface area contributed by atoms with Crippen LogP contribution in [0.4, 0.5) is 0 Å². The van der Waals surface area contributed by atoms with Crippen molar-refractivity contribution in [3.8, 4) is 0 Å². The minimum atomic E-state index is -0.306. The van der Waals surface area contributed by atoms with Crippen molar-refractivity contribution in [2.75, 3.05) is 13.2 Å². The molecule has 1 aliphatic heterocycles. The molecule has 2 atom stereocenters. The molecule has 1 N–H and O–H groups in total. The quantitative estimate of drug-likeness (QED) is 0.775. The summed E-state index contributed by atoms with van der Waals surface area (Å²) in [6.07, 6.45) is 5.22. The molecule has 24 heavy (non-hydrogen) atoms. The fourth-order valence-corrected chi connectivity index (χ4v) is 2.97. The van der Waals surface area contributed by atoms with Crippen molar-refractivity contribution in [2.24, 2.45) is 0 Å². The van der Waals surface area contributed by atoms with Gasteiger partial charge in [0, 0.05) is 30.2 Å². The van der Waals surface area contributed by atoms with Gasteiger partial charge >= 0.3 is 0 Å². The van der Waals surface area contributed by atoms with Crippen molar-refractivity contribution in [1.29, 1.82) is 0 Å². The Balaban J connectivity index is 1.56. The number of hydrogen-bond donors (Lipinski definition) is 1. The summed E-state index contributed by atoms with van der Waals surface area (Å²) < 4.78 is 8.71. The topological polar surface area (TPSA) is 77.6 Å². The Hall–Kier alpha value is -2.93. The highest BCUT2D eigenvalue weighted by atomic mass is 16.5. The number of nitrogens with zero attached hydrogens (tertiary/aromatic N) is 3. The fourth-order valence-electron chi connectivity index (χ4n) is 2.97. The zero-order chi connectivity index (χ0) is 16.5. The minimum absolute atomic E-state index is 0.191. The van der Waals surface area contributed by atoms with Gasteiger partial charge in [0.2, 0.25) is 0 Å². The number of ether oxygens (including phenoxy) is 1. The van der Waals surface area contributed by atoms with Gasteiger partial charge in [0.25, 0.3) is 11.5 Å². The maximum atomic E-state index is 12.5. The predicted octanol–water partition coefficient (Wildman–Crippen LogP) is 0.866. The largest absolute Gasteiger partial charge is 0.377 e. The zero-order valence-electron chi connectivity index (χ0n) is 12.8. The molecule has 0 aliphatic carbocycles. The van der Waals surface area contributed by atoms with Crippen LogP contribution in [0.1, 0.15) is 16.4 Å². The van der Waals surface area contributed by atoms with Crippen LogP contribution in [0, 0.1) is 0 Å². The number of aromatic nitrogens is 3. The van der Waals surface area contributed by atoms with E-state index in [-0.39, 0.29) is 23.6 Å². The summed E-state index contributed by atoms with van der Waals surface area (Å²) in [5.74, 6) is -0.191. The van der Waals surface area contributed by atoms with E-state index in [1.54, 1.807) is 18.5 Å². The van der Waals surface area contributed by atoms with E-state index in [4.69, 9.17) is 4.74 Å². The van der Waals surface area contributed by atoms with Gasteiger partial charge in [-0.15, -0.1) is 0 Å². The molecule has 0 saturated carbocycles. The van der Waals surface area contributed by atoms with E-state index < -0.39 is 0 Å². The van der Waals surface area contributed by atoms with Crippen LogP contribution in [-0.2, 0) is 4.74 Å². The van der Waals surface area contributed by atoms with Gasteiger partial charge in [-0.25, -0.2) is 4.68 Å². The SMILES string of the molecule is O=C(NC1COCC1n1ncccc1=O)c1cc2ccccn2c1. The lowest BCUT2D eigenvalue weighted by Crippen LogP contribution is -2.43. The van der Waals surface area contributed by atoms with Gasteiger partial charge in [0.15, 0.2) is 0 Å². The summed E-state index contributed by atoms with van der Waals surface area (Å²) >= 11 is 0. The Bertz CT molecular complexity index is 913.